The number of halogens is 2. The highest BCUT2D eigenvalue weighted by atomic mass is 79.9. The molecule has 8 heteroatoms. The van der Waals surface area contributed by atoms with Gasteiger partial charge in [-0.05, 0) is 59.4 Å². The third kappa shape index (κ3) is 3.68. The zero-order valence-electron chi connectivity index (χ0n) is 11.0. The molecule has 0 fully saturated rings. The predicted octanol–water partition coefficient (Wildman–Crippen LogP) is 3.34. The third-order valence-corrected chi connectivity index (χ3v) is 5.19. The quantitative estimate of drug-likeness (QED) is 0.699. The average molecular weight is 391 g/mol. The molecule has 0 aliphatic heterocycles. The molecule has 5 nitrogen and oxygen atoms in total. The maximum atomic E-state index is 11.8. The van der Waals surface area contributed by atoms with E-state index in [-0.39, 0.29) is 10.6 Å². The first-order valence-corrected chi connectivity index (χ1v) is 8.54. The van der Waals surface area contributed by atoms with Gasteiger partial charge in [0.2, 0.25) is 10.0 Å². The molecule has 21 heavy (non-hydrogen) atoms. The van der Waals surface area contributed by atoms with Crippen LogP contribution in [0.5, 0.6) is 0 Å². The Morgan fingerprint density at radius 3 is 2.52 bits per heavy atom. The molecule has 2 rings (SSSR count). The molecule has 0 aliphatic rings. The molecule has 0 heterocycles. The lowest BCUT2D eigenvalue weighted by molar-refractivity contribution is 0.588. The van der Waals surface area contributed by atoms with Gasteiger partial charge in [-0.25, -0.2) is 13.1 Å². The summed E-state index contributed by atoms with van der Waals surface area (Å²) in [5.41, 5.74) is 7.38. The van der Waals surface area contributed by atoms with Gasteiger partial charge in [-0.2, -0.15) is 0 Å². The van der Waals surface area contributed by atoms with E-state index in [1.165, 1.54) is 13.1 Å². The van der Waals surface area contributed by atoms with Crippen molar-refractivity contribution in [3.8, 4) is 0 Å². The molecule has 0 spiro atoms. The SMILES string of the molecule is CNS(=O)(=O)c1ccc(Nc2cc(Cl)ccc2Br)cc1N. The number of hydrogen-bond donors (Lipinski definition) is 3. The van der Waals surface area contributed by atoms with Crippen molar-refractivity contribution in [1.82, 2.24) is 4.72 Å². The van der Waals surface area contributed by atoms with E-state index >= 15 is 0 Å². The van der Waals surface area contributed by atoms with Gasteiger partial charge in [-0.1, -0.05) is 11.6 Å². The highest BCUT2D eigenvalue weighted by Crippen LogP contribution is 2.30. The van der Waals surface area contributed by atoms with Gasteiger partial charge in [0.15, 0.2) is 0 Å². The molecule has 0 aromatic heterocycles. The van der Waals surface area contributed by atoms with E-state index in [1.807, 2.05) is 6.07 Å². The van der Waals surface area contributed by atoms with Crippen molar-refractivity contribution in [2.24, 2.45) is 0 Å². The van der Waals surface area contributed by atoms with Gasteiger partial charge in [-0.15, -0.1) is 0 Å². The number of nitrogens with two attached hydrogens (primary N) is 1. The fraction of sp³-hybridized carbons (Fsp3) is 0.0769. The van der Waals surface area contributed by atoms with Crippen LogP contribution in [0.25, 0.3) is 0 Å². The molecule has 4 N–H and O–H groups in total. The van der Waals surface area contributed by atoms with E-state index in [9.17, 15) is 8.42 Å². The summed E-state index contributed by atoms with van der Waals surface area (Å²) in [6.07, 6.45) is 0. The van der Waals surface area contributed by atoms with Crippen LogP contribution in [0.15, 0.2) is 45.8 Å². The van der Waals surface area contributed by atoms with Crippen molar-refractivity contribution < 1.29 is 8.42 Å². The Labute approximate surface area is 136 Å². The number of nitrogen functional groups attached to an aromatic ring is 1. The van der Waals surface area contributed by atoms with Gasteiger partial charge in [-0.3, -0.25) is 0 Å². The number of sulfonamides is 1. The maximum Gasteiger partial charge on any atom is 0.242 e. The topological polar surface area (TPSA) is 84.2 Å². The van der Waals surface area contributed by atoms with E-state index in [2.05, 4.69) is 26.0 Å². The second kappa shape index (κ2) is 6.23. The summed E-state index contributed by atoms with van der Waals surface area (Å²) in [6, 6.07) is 9.95. The Balaban J connectivity index is 2.35. The second-order valence-electron chi connectivity index (χ2n) is 4.21. The number of anilines is 3. The number of benzene rings is 2. The molecular weight excluding hydrogens is 378 g/mol. The summed E-state index contributed by atoms with van der Waals surface area (Å²) in [6.45, 7) is 0. The lowest BCUT2D eigenvalue weighted by Crippen LogP contribution is -2.19. The Morgan fingerprint density at radius 2 is 1.90 bits per heavy atom. The van der Waals surface area contributed by atoms with Crippen LogP contribution in [-0.2, 0) is 10.0 Å². The minimum absolute atomic E-state index is 0.0423. The van der Waals surface area contributed by atoms with Gasteiger partial charge in [0.05, 0.1) is 11.4 Å². The van der Waals surface area contributed by atoms with Crippen LogP contribution in [0.4, 0.5) is 17.1 Å². The highest BCUT2D eigenvalue weighted by Gasteiger charge is 2.15. The minimum Gasteiger partial charge on any atom is -0.398 e. The first-order valence-electron chi connectivity index (χ1n) is 5.88. The monoisotopic (exact) mass is 389 g/mol. The Morgan fingerprint density at radius 1 is 1.19 bits per heavy atom. The first-order chi connectivity index (χ1) is 9.83. The van der Waals surface area contributed by atoms with Gasteiger partial charge in [0, 0.05) is 15.2 Å². The minimum atomic E-state index is -3.57. The number of nitrogens with one attached hydrogen (secondary N) is 2. The lowest BCUT2D eigenvalue weighted by Gasteiger charge is -2.12. The van der Waals surface area contributed by atoms with Gasteiger partial charge >= 0.3 is 0 Å². The normalized spacial score (nSPS) is 11.4. The molecule has 2 aromatic rings. The van der Waals surface area contributed by atoms with E-state index in [0.717, 1.165) is 10.2 Å². The van der Waals surface area contributed by atoms with Crippen LogP contribution < -0.4 is 15.8 Å². The van der Waals surface area contributed by atoms with Gasteiger partial charge in [0.25, 0.3) is 0 Å². The van der Waals surface area contributed by atoms with E-state index in [4.69, 9.17) is 17.3 Å². The molecule has 0 saturated heterocycles. The summed E-state index contributed by atoms with van der Waals surface area (Å²) in [5, 5.41) is 3.71. The van der Waals surface area contributed by atoms with E-state index < -0.39 is 10.0 Å². The van der Waals surface area contributed by atoms with Crippen LogP contribution >= 0.6 is 27.5 Å². The molecule has 0 bridgehead atoms. The summed E-state index contributed by atoms with van der Waals surface area (Å²) in [4.78, 5) is 0.0423. The predicted molar refractivity (Wildman–Crippen MR) is 89.5 cm³/mol. The Bertz CT molecular complexity index is 781. The molecule has 2 aromatic carbocycles. The number of hydrogen-bond acceptors (Lipinski definition) is 4. The van der Waals surface area contributed by atoms with Gasteiger partial charge < -0.3 is 11.1 Å². The second-order valence-corrected chi connectivity index (χ2v) is 7.36. The number of rotatable bonds is 4. The van der Waals surface area contributed by atoms with Crippen molar-refractivity contribution in [2.45, 2.75) is 4.90 Å². The molecular formula is C13H13BrClN3O2S. The fourth-order valence-electron chi connectivity index (χ4n) is 1.73. The van der Waals surface area contributed by atoms with Crippen LogP contribution in [0.2, 0.25) is 5.02 Å². The van der Waals surface area contributed by atoms with E-state index in [0.29, 0.717) is 10.7 Å². The summed E-state index contributed by atoms with van der Waals surface area (Å²) in [5.74, 6) is 0. The van der Waals surface area contributed by atoms with Gasteiger partial charge in [0.1, 0.15) is 4.90 Å². The molecule has 0 amide bonds. The maximum absolute atomic E-state index is 11.8. The smallest absolute Gasteiger partial charge is 0.242 e. The Kier molecular flexibility index (Phi) is 4.77. The lowest BCUT2D eigenvalue weighted by atomic mass is 10.2. The average Bonchev–Trinajstić information content (AvgIpc) is 2.43. The van der Waals surface area contributed by atoms with Crippen molar-refractivity contribution in [1.29, 1.82) is 0 Å². The Hall–Kier alpha value is -1.28. The van der Waals surface area contributed by atoms with Crippen molar-refractivity contribution in [3.63, 3.8) is 0 Å². The van der Waals surface area contributed by atoms with E-state index in [1.54, 1.807) is 24.3 Å². The van der Waals surface area contributed by atoms with Crippen LogP contribution in [0.3, 0.4) is 0 Å². The molecule has 0 atom stereocenters. The third-order valence-electron chi connectivity index (χ3n) is 2.78. The highest BCUT2D eigenvalue weighted by molar-refractivity contribution is 9.10. The van der Waals surface area contributed by atoms with Crippen LogP contribution in [-0.4, -0.2) is 15.5 Å². The molecule has 0 radical (unpaired) electrons. The zero-order chi connectivity index (χ0) is 15.6. The largest absolute Gasteiger partial charge is 0.398 e. The first kappa shape index (κ1) is 16.1. The summed E-state index contributed by atoms with van der Waals surface area (Å²) < 4.78 is 26.6. The van der Waals surface area contributed by atoms with Crippen LogP contribution in [0, 0.1) is 0 Å². The fourth-order valence-corrected chi connectivity index (χ4v) is 3.08. The van der Waals surface area contributed by atoms with Crippen molar-refractivity contribution >= 4 is 54.6 Å². The summed E-state index contributed by atoms with van der Waals surface area (Å²) in [7, 11) is -2.23. The molecule has 112 valence electrons. The molecule has 0 saturated carbocycles. The molecule has 0 aliphatic carbocycles. The van der Waals surface area contributed by atoms with Crippen LogP contribution in [0.1, 0.15) is 0 Å². The zero-order valence-corrected chi connectivity index (χ0v) is 14.2. The summed E-state index contributed by atoms with van der Waals surface area (Å²) >= 11 is 9.35. The molecule has 0 unspecified atom stereocenters. The van der Waals surface area contributed by atoms with Crippen molar-refractivity contribution in [2.75, 3.05) is 18.1 Å². The standard InChI is InChI=1S/C13H13BrClN3O2S/c1-17-21(19,20)13-5-3-9(7-11(13)16)18-12-6-8(15)2-4-10(12)14/h2-7,17-18H,16H2,1H3. The van der Waals surface area contributed by atoms with Crippen molar-refractivity contribution in [3.05, 3.63) is 45.9 Å².